The topological polar surface area (TPSA) is 37.4 Å². The van der Waals surface area contributed by atoms with Crippen LogP contribution in [-0.4, -0.2) is 25.3 Å². The lowest BCUT2D eigenvalue weighted by Crippen LogP contribution is -2.49. The second-order valence-electron chi connectivity index (χ2n) is 5.80. The van der Waals surface area contributed by atoms with Gasteiger partial charge >= 0.3 is 0 Å². The predicted molar refractivity (Wildman–Crippen MR) is 83.0 cm³/mol. The molecule has 0 radical (unpaired) electrons. The van der Waals surface area contributed by atoms with Crippen molar-refractivity contribution in [2.75, 3.05) is 6.54 Å². The summed E-state index contributed by atoms with van der Waals surface area (Å²) in [6.45, 7) is 0.671. The summed E-state index contributed by atoms with van der Waals surface area (Å²) in [5.41, 5.74) is 0. The first-order valence-electron chi connectivity index (χ1n) is 7.37. The molecule has 20 heavy (non-hydrogen) atoms. The van der Waals surface area contributed by atoms with Gasteiger partial charge in [-0.2, -0.15) is 4.31 Å². The molecule has 5 heteroatoms. The molecule has 1 saturated heterocycles. The molecule has 3 nitrogen and oxygen atoms in total. The van der Waals surface area contributed by atoms with E-state index in [1.54, 1.807) is 22.5 Å². The number of fused-ring (bicyclic) bond motifs is 1. The Bertz CT molecular complexity index is 585. The van der Waals surface area contributed by atoms with Crippen LogP contribution in [0.1, 0.15) is 38.5 Å². The van der Waals surface area contributed by atoms with Gasteiger partial charge in [0, 0.05) is 17.1 Å². The first kappa shape index (κ1) is 14.5. The van der Waals surface area contributed by atoms with E-state index in [1.165, 1.54) is 19.3 Å². The van der Waals surface area contributed by atoms with E-state index in [9.17, 15) is 8.42 Å². The van der Waals surface area contributed by atoms with Crippen molar-refractivity contribution in [2.45, 2.75) is 49.5 Å². The van der Waals surface area contributed by atoms with Crippen LogP contribution in [0.3, 0.4) is 0 Å². The third kappa shape index (κ3) is 2.55. The maximum absolute atomic E-state index is 13.0. The number of hydrogen-bond donors (Lipinski definition) is 0. The molecule has 110 valence electrons. The molecule has 0 aromatic heterocycles. The number of rotatable bonds is 2. The normalized spacial score (nSPS) is 28.1. The van der Waals surface area contributed by atoms with Crippen LogP contribution in [0, 0.1) is 5.92 Å². The summed E-state index contributed by atoms with van der Waals surface area (Å²) >= 11 is 3.38. The van der Waals surface area contributed by atoms with E-state index in [2.05, 4.69) is 15.9 Å². The van der Waals surface area contributed by atoms with Gasteiger partial charge in [0.1, 0.15) is 0 Å². The molecule has 1 aromatic carbocycles. The Morgan fingerprint density at radius 3 is 2.55 bits per heavy atom. The van der Waals surface area contributed by atoms with Gasteiger partial charge in [-0.05, 0) is 59.7 Å². The molecule has 1 aliphatic heterocycles. The number of hydrogen-bond acceptors (Lipinski definition) is 2. The Morgan fingerprint density at radius 2 is 1.75 bits per heavy atom. The molecule has 0 N–H and O–H groups in total. The van der Waals surface area contributed by atoms with E-state index in [4.69, 9.17) is 0 Å². The van der Waals surface area contributed by atoms with Crippen molar-refractivity contribution >= 4 is 26.0 Å². The maximum atomic E-state index is 13.0. The molecule has 0 spiro atoms. The second kappa shape index (κ2) is 5.78. The minimum Gasteiger partial charge on any atom is -0.207 e. The molecule has 0 bridgehead atoms. The smallest absolute Gasteiger partial charge is 0.207 e. The molecule has 3 rings (SSSR count). The SMILES string of the molecule is O=S(=O)(c1ccccc1Br)N1CCCC2CCCCC21. The zero-order valence-corrected chi connectivity index (χ0v) is 13.9. The molecule has 1 aromatic rings. The second-order valence-corrected chi connectivity index (χ2v) is 8.51. The Hall–Kier alpha value is -0.390. The first-order valence-corrected chi connectivity index (χ1v) is 9.60. The standard InChI is InChI=1S/C15H20BrNO2S/c16-13-8-2-4-10-15(13)20(18,19)17-11-5-7-12-6-1-3-9-14(12)17/h2,4,8,10,12,14H,1,3,5-7,9,11H2. The molecule has 2 fully saturated rings. The van der Waals surface area contributed by atoms with Gasteiger partial charge in [-0.1, -0.05) is 25.0 Å². The van der Waals surface area contributed by atoms with Crippen LogP contribution in [-0.2, 0) is 10.0 Å². The monoisotopic (exact) mass is 357 g/mol. The Morgan fingerprint density at radius 1 is 1.05 bits per heavy atom. The zero-order valence-electron chi connectivity index (χ0n) is 11.5. The average Bonchev–Trinajstić information content (AvgIpc) is 2.47. The van der Waals surface area contributed by atoms with Crippen molar-refractivity contribution in [1.29, 1.82) is 0 Å². The Balaban J connectivity index is 1.96. The first-order chi connectivity index (χ1) is 9.60. The van der Waals surface area contributed by atoms with Crippen molar-refractivity contribution in [3.8, 4) is 0 Å². The van der Waals surface area contributed by atoms with Crippen LogP contribution in [0.15, 0.2) is 33.6 Å². The lowest BCUT2D eigenvalue weighted by Gasteiger charge is -2.43. The minimum absolute atomic E-state index is 0.217. The van der Waals surface area contributed by atoms with Gasteiger partial charge in [0.25, 0.3) is 0 Å². The van der Waals surface area contributed by atoms with Crippen LogP contribution in [0.5, 0.6) is 0 Å². The molecule has 2 aliphatic rings. The highest BCUT2D eigenvalue weighted by Crippen LogP contribution is 2.38. The fraction of sp³-hybridized carbons (Fsp3) is 0.600. The Kier molecular flexibility index (Phi) is 4.20. The number of piperidine rings is 1. The summed E-state index contributed by atoms with van der Waals surface area (Å²) in [6.07, 6.45) is 6.80. The highest BCUT2D eigenvalue weighted by molar-refractivity contribution is 9.10. The third-order valence-electron chi connectivity index (χ3n) is 4.62. The van der Waals surface area contributed by atoms with Gasteiger partial charge < -0.3 is 0 Å². The predicted octanol–water partition coefficient (Wildman–Crippen LogP) is 3.79. The van der Waals surface area contributed by atoms with Crippen LogP contribution in [0.4, 0.5) is 0 Å². The molecule has 2 unspecified atom stereocenters. The van der Waals surface area contributed by atoms with E-state index in [1.807, 2.05) is 6.07 Å². The molecule has 1 aliphatic carbocycles. The molecule has 2 atom stereocenters. The van der Waals surface area contributed by atoms with Crippen LogP contribution in [0.25, 0.3) is 0 Å². The summed E-state index contributed by atoms with van der Waals surface area (Å²) in [4.78, 5) is 0.409. The highest BCUT2D eigenvalue weighted by atomic mass is 79.9. The van der Waals surface area contributed by atoms with E-state index < -0.39 is 10.0 Å². The van der Waals surface area contributed by atoms with E-state index in [-0.39, 0.29) is 6.04 Å². The molecular weight excluding hydrogens is 338 g/mol. The Labute approximate surface area is 129 Å². The summed E-state index contributed by atoms with van der Waals surface area (Å²) in [5.74, 6) is 0.565. The number of benzene rings is 1. The van der Waals surface area contributed by atoms with Gasteiger partial charge in [-0.3, -0.25) is 0 Å². The number of halogens is 1. The van der Waals surface area contributed by atoms with Crippen LogP contribution in [0.2, 0.25) is 0 Å². The molecule has 0 amide bonds. The summed E-state index contributed by atoms with van der Waals surface area (Å²) < 4.78 is 28.4. The third-order valence-corrected chi connectivity index (χ3v) is 7.55. The van der Waals surface area contributed by atoms with Gasteiger partial charge in [-0.25, -0.2) is 8.42 Å². The fourth-order valence-electron chi connectivity index (χ4n) is 3.66. The highest BCUT2D eigenvalue weighted by Gasteiger charge is 2.40. The van der Waals surface area contributed by atoms with Crippen molar-refractivity contribution in [3.05, 3.63) is 28.7 Å². The fourth-order valence-corrected chi connectivity index (χ4v) is 6.38. The van der Waals surface area contributed by atoms with Gasteiger partial charge in [-0.15, -0.1) is 0 Å². The van der Waals surface area contributed by atoms with Crippen molar-refractivity contribution in [1.82, 2.24) is 4.31 Å². The minimum atomic E-state index is -3.38. The maximum Gasteiger partial charge on any atom is 0.244 e. The lowest BCUT2D eigenvalue weighted by atomic mass is 9.79. The van der Waals surface area contributed by atoms with Gasteiger partial charge in [0.15, 0.2) is 0 Å². The molecular formula is C15H20BrNO2S. The van der Waals surface area contributed by atoms with E-state index in [0.717, 1.165) is 19.3 Å². The number of nitrogens with zero attached hydrogens (tertiary/aromatic N) is 1. The van der Waals surface area contributed by atoms with Crippen LogP contribution < -0.4 is 0 Å². The summed E-state index contributed by atoms with van der Waals surface area (Å²) in [6, 6.07) is 7.36. The van der Waals surface area contributed by atoms with Crippen molar-refractivity contribution < 1.29 is 8.42 Å². The number of sulfonamides is 1. The van der Waals surface area contributed by atoms with Gasteiger partial charge in [0.05, 0.1) is 4.90 Å². The average molecular weight is 358 g/mol. The van der Waals surface area contributed by atoms with Gasteiger partial charge in [0.2, 0.25) is 10.0 Å². The lowest BCUT2D eigenvalue weighted by molar-refractivity contribution is 0.129. The summed E-state index contributed by atoms with van der Waals surface area (Å²) in [7, 11) is -3.38. The molecule has 1 heterocycles. The molecule has 1 saturated carbocycles. The largest absolute Gasteiger partial charge is 0.244 e. The van der Waals surface area contributed by atoms with Crippen molar-refractivity contribution in [3.63, 3.8) is 0 Å². The van der Waals surface area contributed by atoms with Crippen molar-refractivity contribution in [2.24, 2.45) is 5.92 Å². The quantitative estimate of drug-likeness (QED) is 0.807. The van der Waals surface area contributed by atoms with Crippen LogP contribution >= 0.6 is 15.9 Å². The van der Waals surface area contributed by atoms with E-state index >= 15 is 0 Å². The zero-order chi connectivity index (χ0) is 14.2. The summed E-state index contributed by atoms with van der Waals surface area (Å²) in [5, 5.41) is 0. The van der Waals surface area contributed by atoms with E-state index in [0.29, 0.717) is 21.8 Å².